The van der Waals surface area contributed by atoms with Crippen LogP contribution < -0.4 is 15.0 Å². The van der Waals surface area contributed by atoms with E-state index in [1.807, 2.05) is 12.1 Å². The molecule has 1 saturated heterocycles. The lowest BCUT2D eigenvalue weighted by molar-refractivity contribution is -0.118. The lowest BCUT2D eigenvalue weighted by Crippen LogP contribution is -2.46. The zero-order valence-corrected chi connectivity index (χ0v) is 17.7. The van der Waals surface area contributed by atoms with Crippen LogP contribution >= 0.6 is 0 Å². The van der Waals surface area contributed by atoms with E-state index >= 15 is 0 Å². The average Bonchev–Trinajstić information content (AvgIpc) is 2.80. The quantitative estimate of drug-likeness (QED) is 0.822. The van der Waals surface area contributed by atoms with Crippen LogP contribution in [0.15, 0.2) is 41.4 Å². The van der Waals surface area contributed by atoms with E-state index in [-0.39, 0.29) is 17.6 Å². The van der Waals surface area contributed by atoms with Crippen LogP contribution in [0.4, 0.5) is 15.8 Å². The van der Waals surface area contributed by atoms with Crippen molar-refractivity contribution in [2.24, 2.45) is 10.9 Å². The average molecular weight is 423 g/mol. The molecule has 3 heterocycles. The maximum absolute atomic E-state index is 13.2. The summed E-state index contributed by atoms with van der Waals surface area (Å²) in [5, 5.41) is 3.09. The molecule has 5 rings (SSSR count). The zero-order chi connectivity index (χ0) is 21.4. The summed E-state index contributed by atoms with van der Waals surface area (Å²) in [5.41, 5.74) is 4.79. The fourth-order valence-corrected chi connectivity index (χ4v) is 4.83. The molecule has 7 heteroatoms. The number of methoxy groups -OCH3 is 1. The summed E-state index contributed by atoms with van der Waals surface area (Å²) in [4.78, 5) is 22.0. The Bertz CT molecular complexity index is 1010. The van der Waals surface area contributed by atoms with Crippen molar-refractivity contribution in [3.8, 4) is 5.75 Å². The number of aliphatic imine (C=N–C) groups is 1. The van der Waals surface area contributed by atoms with Gasteiger partial charge in [0.1, 0.15) is 11.6 Å². The Hall–Kier alpha value is -2.93. The molecule has 1 unspecified atom stereocenters. The summed E-state index contributed by atoms with van der Waals surface area (Å²) >= 11 is 0. The number of benzene rings is 2. The zero-order valence-electron chi connectivity index (χ0n) is 17.7. The number of ether oxygens (including phenoxy) is 1. The van der Waals surface area contributed by atoms with Crippen molar-refractivity contribution in [2.45, 2.75) is 19.4 Å². The second-order valence-corrected chi connectivity index (χ2v) is 8.41. The van der Waals surface area contributed by atoms with E-state index in [4.69, 9.17) is 4.74 Å². The van der Waals surface area contributed by atoms with Crippen molar-refractivity contribution in [3.05, 3.63) is 53.3 Å². The van der Waals surface area contributed by atoms with E-state index in [1.165, 1.54) is 12.1 Å². The Morgan fingerprint density at radius 1 is 1.16 bits per heavy atom. The van der Waals surface area contributed by atoms with Gasteiger partial charge in [0, 0.05) is 45.0 Å². The molecule has 1 N–H and O–H groups in total. The van der Waals surface area contributed by atoms with Crippen molar-refractivity contribution in [1.82, 2.24) is 4.90 Å². The van der Waals surface area contributed by atoms with Gasteiger partial charge in [-0.05, 0) is 54.8 Å². The Balaban J connectivity index is 1.32. The van der Waals surface area contributed by atoms with Gasteiger partial charge in [0.15, 0.2) is 0 Å². The van der Waals surface area contributed by atoms with Gasteiger partial charge in [0.2, 0.25) is 5.91 Å². The molecule has 0 saturated carbocycles. The first kappa shape index (κ1) is 20.0. The molecule has 3 aliphatic heterocycles. The first-order valence-electron chi connectivity index (χ1n) is 10.9. The van der Waals surface area contributed by atoms with E-state index in [2.05, 4.69) is 32.2 Å². The first-order chi connectivity index (χ1) is 15.1. The van der Waals surface area contributed by atoms with Crippen LogP contribution in [-0.2, 0) is 11.3 Å². The maximum Gasteiger partial charge on any atom is 0.233 e. The standard InChI is InChI=1S/C24H27FN4O2/c1-31-21-14-16(13-20-22(21)23-19(24(30)27-20)3-2-8-26-23)15-28-9-11-29(12-10-28)18-6-4-17(25)5-7-18/h4-7,13-14,19H,2-3,8-12,15H2,1H3,(H,27,30). The Labute approximate surface area is 181 Å². The summed E-state index contributed by atoms with van der Waals surface area (Å²) in [6, 6.07) is 10.8. The van der Waals surface area contributed by atoms with Crippen LogP contribution in [0.2, 0.25) is 0 Å². The van der Waals surface area contributed by atoms with Gasteiger partial charge in [-0.1, -0.05) is 0 Å². The van der Waals surface area contributed by atoms with Crippen LogP contribution in [-0.4, -0.2) is 56.4 Å². The molecule has 2 aromatic carbocycles. The summed E-state index contributed by atoms with van der Waals surface area (Å²) in [6.45, 7) is 5.16. The van der Waals surface area contributed by atoms with Crippen molar-refractivity contribution in [1.29, 1.82) is 0 Å². The molecule has 0 aromatic heterocycles. The van der Waals surface area contributed by atoms with Crippen LogP contribution in [0.3, 0.4) is 0 Å². The first-order valence-corrected chi connectivity index (χ1v) is 10.9. The van der Waals surface area contributed by atoms with Crippen LogP contribution in [0.1, 0.15) is 24.0 Å². The summed E-state index contributed by atoms with van der Waals surface area (Å²) in [6.07, 6.45) is 1.79. The molecule has 0 bridgehead atoms. The van der Waals surface area contributed by atoms with Gasteiger partial charge in [-0.15, -0.1) is 0 Å². The highest BCUT2D eigenvalue weighted by Crippen LogP contribution is 2.38. The van der Waals surface area contributed by atoms with E-state index < -0.39 is 0 Å². The fourth-order valence-electron chi connectivity index (χ4n) is 4.83. The maximum atomic E-state index is 13.2. The summed E-state index contributed by atoms with van der Waals surface area (Å²) < 4.78 is 18.9. The summed E-state index contributed by atoms with van der Waals surface area (Å²) in [5.74, 6) is 0.447. The monoisotopic (exact) mass is 422 g/mol. The van der Waals surface area contributed by atoms with Gasteiger partial charge >= 0.3 is 0 Å². The number of piperazine rings is 1. The van der Waals surface area contributed by atoms with Gasteiger partial charge in [-0.2, -0.15) is 0 Å². The minimum Gasteiger partial charge on any atom is -0.496 e. The molecular formula is C24H27FN4O2. The number of carbonyl (C=O) groups is 1. The number of amides is 1. The predicted molar refractivity (Wildman–Crippen MR) is 120 cm³/mol. The third-order valence-corrected chi connectivity index (χ3v) is 6.45. The predicted octanol–water partition coefficient (Wildman–Crippen LogP) is 3.31. The number of nitrogens with zero attached hydrogens (tertiary/aromatic N) is 3. The molecule has 1 atom stereocenters. The number of hydrogen-bond donors (Lipinski definition) is 1. The van der Waals surface area contributed by atoms with Crippen molar-refractivity contribution < 1.29 is 13.9 Å². The minimum atomic E-state index is -0.207. The van der Waals surface area contributed by atoms with E-state index in [0.29, 0.717) is 0 Å². The highest BCUT2D eigenvalue weighted by Gasteiger charge is 2.36. The van der Waals surface area contributed by atoms with Gasteiger partial charge in [0.05, 0.1) is 30.0 Å². The number of carbonyl (C=O) groups excluding carboxylic acids is 1. The van der Waals surface area contributed by atoms with Crippen molar-refractivity contribution in [2.75, 3.05) is 50.1 Å². The van der Waals surface area contributed by atoms with Crippen LogP contribution in [0.25, 0.3) is 0 Å². The Kier molecular flexibility index (Phi) is 5.36. The van der Waals surface area contributed by atoms with Gasteiger partial charge in [0.25, 0.3) is 0 Å². The van der Waals surface area contributed by atoms with Crippen LogP contribution in [0.5, 0.6) is 5.75 Å². The van der Waals surface area contributed by atoms with Crippen molar-refractivity contribution in [3.63, 3.8) is 0 Å². The van der Waals surface area contributed by atoms with E-state index in [9.17, 15) is 9.18 Å². The summed E-state index contributed by atoms with van der Waals surface area (Å²) in [7, 11) is 1.68. The number of nitrogens with one attached hydrogen (secondary N) is 1. The van der Waals surface area contributed by atoms with E-state index in [1.54, 1.807) is 7.11 Å². The van der Waals surface area contributed by atoms with Gasteiger partial charge < -0.3 is 15.0 Å². The van der Waals surface area contributed by atoms with Crippen LogP contribution in [0, 0.1) is 11.7 Å². The molecule has 1 amide bonds. The fraction of sp³-hybridized carbons (Fsp3) is 0.417. The third kappa shape index (κ3) is 3.90. The SMILES string of the molecule is COc1cc(CN2CCN(c3ccc(F)cc3)CC2)cc2c1C1=NCCCC1C(=O)N2. The number of rotatable bonds is 4. The molecule has 0 spiro atoms. The third-order valence-electron chi connectivity index (χ3n) is 6.45. The lowest BCUT2D eigenvalue weighted by atomic mass is 9.84. The molecule has 162 valence electrons. The Morgan fingerprint density at radius 3 is 2.68 bits per heavy atom. The van der Waals surface area contributed by atoms with E-state index in [0.717, 1.165) is 86.1 Å². The lowest BCUT2D eigenvalue weighted by Gasteiger charge is -2.36. The highest BCUT2D eigenvalue weighted by atomic mass is 19.1. The highest BCUT2D eigenvalue weighted by molar-refractivity contribution is 6.24. The van der Waals surface area contributed by atoms with Gasteiger partial charge in [-0.3, -0.25) is 14.7 Å². The molecule has 0 radical (unpaired) electrons. The molecule has 0 aliphatic carbocycles. The number of anilines is 2. The number of fused-ring (bicyclic) bond motifs is 3. The number of hydrogen-bond acceptors (Lipinski definition) is 5. The molecule has 3 aliphatic rings. The molecule has 2 aromatic rings. The van der Waals surface area contributed by atoms with Gasteiger partial charge in [-0.25, -0.2) is 4.39 Å². The molecule has 1 fully saturated rings. The Morgan fingerprint density at radius 2 is 1.94 bits per heavy atom. The minimum absolute atomic E-state index is 0.0399. The normalized spacial score (nSPS) is 21.1. The number of halogens is 1. The second-order valence-electron chi connectivity index (χ2n) is 8.41. The molecular weight excluding hydrogens is 395 g/mol. The van der Waals surface area contributed by atoms with Crippen molar-refractivity contribution >= 4 is 23.0 Å². The second kappa shape index (κ2) is 8.30. The molecule has 6 nitrogen and oxygen atoms in total. The largest absolute Gasteiger partial charge is 0.496 e. The smallest absolute Gasteiger partial charge is 0.233 e. The molecule has 31 heavy (non-hydrogen) atoms. The topological polar surface area (TPSA) is 57.2 Å².